The van der Waals surface area contributed by atoms with Crippen LogP contribution >= 0.6 is 0 Å². The van der Waals surface area contributed by atoms with Crippen LogP contribution in [0.3, 0.4) is 0 Å². The van der Waals surface area contributed by atoms with Crippen LogP contribution in [0.15, 0.2) is 4.99 Å². The van der Waals surface area contributed by atoms with E-state index in [1.165, 1.54) is 0 Å². The summed E-state index contributed by atoms with van der Waals surface area (Å²) >= 11 is 0. The smallest absolute Gasteiger partial charge is 0.407 e. The van der Waals surface area contributed by atoms with Gasteiger partial charge in [-0.2, -0.15) is 0 Å². The number of hydrogen-bond acceptors (Lipinski definition) is 5. The van der Waals surface area contributed by atoms with Crippen molar-refractivity contribution in [2.45, 2.75) is 84.4 Å². The third-order valence-corrected chi connectivity index (χ3v) is 4.97. The summed E-state index contributed by atoms with van der Waals surface area (Å²) in [5, 5.41) is 12.7. The van der Waals surface area contributed by atoms with E-state index < -0.39 is 11.7 Å². The fraction of sp³-hybridized carbons (Fsp3) is 0.864. The Balaban J connectivity index is 2.40. The Morgan fingerprint density at radius 3 is 2.35 bits per heavy atom. The molecule has 0 aromatic carbocycles. The van der Waals surface area contributed by atoms with Gasteiger partial charge < -0.3 is 26.0 Å². The molecule has 0 bridgehead atoms. The number of ether oxygens (including phenoxy) is 1. The highest BCUT2D eigenvalue weighted by molar-refractivity contribution is 5.80. The normalized spacial score (nSPS) is 17.0. The number of guanidine groups is 1. The molecule has 0 aromatic heterocycles. The molecule has 1 heterocycles. The molecule has 1 fully saturated rings. The van der Waals surface area contributed by atoms with Crippen molar-refractivity contribution in [3.05, 3.63) is 0 Å². The maximum Gasteiger partial charge on any atom is 0.407 e. The Hall–Kier alpha value is -2.03. The Labute approximate surface area is 188 Å². The van der Waals surface area contributed by atoms with Gasteiger partial charge in [-0.3, -0.25) is 14.7 Å². The summed E-state index contributed by atoms with van der Waals surface area (Å²) in [7, 11) is 1.75. The van der Waals surface area contributed by atoms with Gasteiger partial charge in [0.2, 0.25) is 5.91 Å². The molecule has 1 rings (SSSR count). The highest BCUT2D eigenvalue weighted by Gasteiger charge is 2.22. The Kier molecular flexibility index (Phi) is 12.3. The predicted octanol–water partition coefficient (Wildman–Crippen LogP) is 1.84. The molecule has 1 unspecified atom stereocenters. The monoisotopic (exact) mass is 440 g/mol. The number of carbonyl (C=O) groups is 2. The molecule has 0 aliphatic carbocycles. The number of likely N-dealkylation sites (tertiary alicyclic amines) is 1. The molecule has 9 nitrogen and oxygen atoms in total. The highest BCUT2D eigenvalue weighted by atomic mass is 16.6. The molecule has 180 valence electrons. The summed E-state index contributed by atoms with van der Waals surface area (Å²) < 4.78 is 5.37. The Bertz CT molecular complexity index is 568. The van der Waals surface area contributed by atoms with Crippen molar-refractivity contribution in [3.8, 4) is 0 Å². The minimum Gasteiger partial charge on any atom is -0.444 e. The molecule has 1 saturated heterocycles. The van der Waals surface area contributed by atoms with Gasteiger partial charge in [-0.05, 0) is 46.5 Å². The predicted molar refractivity (Wildman–Crippen MR) is 125 cm³/mol. The molecule has 0 saturated carbocycles. The molecular weight excluding hydrogens is 396 g/mol. The van der Waals surface area contributed by atoms with Crippen LogP contribution < -0.4 is 21.3 Å². The van der Waals surface area contributed by atoms with Crippen molar-refractivity contribution in [1.82, 2.24) is 26.2 Å². The lowest BCUT2D eigenvalue weighted by Gasteiger charge is -2.33. The van der Waals surface area contributed by atoms with Crippen molar-refractivity contribution in [2.75, 3.05) is 39.8 Å². The Morgan fingerprint density at radius 2 is 1.81 bits per heavy atom. The maximum absolute atomic E-state index is 12.1. The first kappa shape index (κ1) is 27.0. The maximum atomic E-state index is 12.1. The van der Waals surface area contributed by atoms with Gasteiger partial charge >= 0.3 is 6.09 Å². The number of nitrogens with one attached hydrogen (secondary N) is 4. The summed E-state index contributed by atoms with van der Waals surface area (Å²) in [4.78, 5) is 30.5. The van der Waals surface area contributed by atoms with E-state index in [4.69, 9.17) is 4.74 Å². The fourth-order valence-electron chi connectivity index (χ4n) is 3.41. The first-order chi connectivity index (χ1) is 14.7. The van der Waals surface area contributed by atoms with Gasteiger partial charge in [0.05, 0.1) is 6.54 Å². The minimum absolute atomic E-state index is 0.0399. The SMILES string of the molecule is CCCNC(=O)CN1CCC(NC(=NC)NCC(CCC)NC(=O)OC(C)(C)C)CC1. The quantitative estimate of drug-likeness (QED) is 0.305. The number of amides is 2. The van der Waals surface area contributed by atoms with Crippen molar-refractivity contribution in [3.63, 3.8) is 0 Å². The van der Waals surface area contributed by atoms with Crippen LogP contribution in [0.2, 0.25) is 0 Å². The van der Waals surface area contributed by atoms with Gasteiger partial charge in [0.15, 0.2) is 5.96 Å². The molecule has 1 aliphatic rings. The van der Waals surface area contributed by atoms with E-state index in [0.717, 1.165) is 57.7 Å². The molecular formula is C22H44N6O3. The molecule has 4 N–H and O–H groups in total. The van der Waals surface area contributed by atoms with Crippen LogP contribution in [0.25, 0.3) is 0 Å². The highest BCUT2D eigenvalue weighted by Crippen LogP contribution is 2.10. The molecule has 1 aliphatic heterocycles. The summed E-state index contributed by atoms with van der Waals surface area (Å²) in [6.07, 6.45) is 4.27. The zero-order chi connectivity index (χ0) is 23.3. The van der Waals surface area contributed by atoms with E-state index in [1.54, 1.807) is 7.05 Å². The fourth-order valence-corrected chi connectivity index (χ4v) is 3.41. The summed E-state index contributed by atoms with van der Waals surface area (Å²) in [5.74, 6) is 0.830. The average Bonchev–Trinajstić information content (AvgIpc) is 2.69. The lowest BCUT2D eigenvalue weighted by molar-refractivity contribution is -0.122. The second kappa shape index (κ2) is 14.1. The minimum atomic E-state index is -0.516. The number of aliphatic imine (C=N–C) groups is 1. The third-order valence-electron chi connectivity index (χ3n) is 4.97. The molecule has 0 radical (unpaired) electrons. The van der Waals surface area contributed by atoms with E-state index >= 15 is 0 Å². The van der Waals surface area contributed by atoms with Gasteiger partial charge in [-0.15, -0.1) is 0 Å². The molecule has 31 heavy (non-hydrogen) atoms. The number of piperidine rings is 1. The number of nitrogens with zero attached hydrogens (tertiary/aromatic N) is 2. The van der Waals surface area contributed by atoms with Gasteiger partial charge in [0.1, 0.15) is 5.60 Å². The third kappa shape index (κ3) is 12.4. The van der Waals surface area contributed by atoms with E-state index in [-0.39, 0.29) is 11.9 Å². The van der Waals surface area contributed by atoms with Crippen molar-refractivity contribution in [1.29, 1.82) is 0 Å². The van der Waals surface area contributed by atoms with Gasteiger partial charge in [0.25, 0.3) is 0 Å². The first-order valence-electron chi connectivity index (χ1n) is 11.6. The summed E-state index contributed by atoms with van der Waals surface area (Å²) in [6, 6.07) is 0.270. The largest absolute Gasteiger partial charge is 0.444 e. The van der Waals surface area contributed by atoms with E-state index in [9.17, 15) is 9.59 Å². The van der Waals surface area contributed by atoms with Crippen LogP contribution in [-0.4, -0.2) is 80.3 Å². The second-order valence-electron chi connectivity index (χ2n) is 9.13. The summed E-state index contributed by atoms with van der Waals surface area (Å²) in [5.41, 5.74) is -0.516. The molecule has 0 aromatic rings. The molecule has 1 atom stereocenters. The molecule has 0 spiro atoms. The van der Waals surface area contributed by atoms with Gasteiger partial charge in [0, 0.05) is 45.3 Å². The van der Waals surface area contributed by atoms with Crippen LogP contribution in [0.1, 0.15) is 66.7 Å². The zero-order valence-corrected chi connectivity index (χ0v) is 20.3. The van der Waals surface area contributed by atoms with Crippen LogP contribution in [0.5, 0.6) is 0 Å². The Morgan fingerprint density at radius 1 is 1.13 bits per heavy atom. The summed E-state index contributed by atoms with van der Waals surface area (Å²) in [6.45, 7) is 13.2. The molecule has 9 heteroatoms. The van der Waals surface area contributed by atoms with E-state index in [2.05, 4.69) is 45.0 Å². The van der Waals surface area contributed by atoms with Crippen LogP contribution in [0.4, 0.5) is 4.79 Å². The molecule has 2 amide bonds. The topological polar surface area (TPSA) is 107 Å². The van der Waals surface area contributed by atoms with Crippen molar-refractivity contribution < 1.29 is 14.3 Å². The lowest BCUT2D eigenvalue weighted by Crippen LogP contribution is -2.52. The van der Waals surface area contributed by atoms with Crippen molar-refractivity contribution >= 4 is 18.0 Å². The number of hydrogen-bond donors (Lipinski definition) is 4. The lowest BCUT2D eigenvalue weighted by atomic mass is 10.1. The number of alkyl carbamates (subject to hydrolysis) is 1. The van der Waals surface area contributed by atoms with Crippen LogP contribution in [-0.2, 0) is 9.53 Å². The van der Waals surface area contributed by atoms with Gasteiger partial charge in [-0.1, -0.05) is 20.3 Å². The van der Waals surface area contributed by atoms with E-state index in [1.807, 2.05) is 20.8 Å². The van der Waals surface area contributed by atoms with Gasteiger partial charge in [-0.25, -0.2) is 4.79 Å². The number of rotatable bonds is 10. The average molecular weight is 441 g/mol. The second-order valence-corrected chi connectivity index (χ2v) is 9.13. The zero-order valence-electron chi connectivity index (χ0n) is 20.3. The first-order valence-corrected chi connectivity index (χ1v) is 11.6. The van der Waals surface area contributed by atoms with E-state index in [0.29, 0.717) is 19.1 Å². The standard InChI is InChI=1S/C22H44N6O3/c1-7-9-18(27-21(30)31-22(3,4)5)15-25-20(23-6)26-17-10-13-28(14-11-17)16-19(29)24-12-8-2/h17-18H,7-16H2,1-6H3,(H,24,29)(H,27,30)(H2,23,25,26). The van der Waals surface area contributed by atoms with Crippen molar-refractivity contribution in [2.24, 2.45) is 4.99 Å². The number of carbonyl (C=O) groups excluding carboxylic acids is 2. The van der Waals surface area contributed by atoms with Crippen LogP contribution in [0, 0.1) is 0 Å².